The largest absolute Gasteiger partial charge is 0.481 e. The van der Waals surface area contributed by atoms with Crippen molar-refractivity contribution in [1.29, 1.82) is 0 Å². The van der Waals surface area contributed by atoms with Crippen molar-refractivity contribution in [2.75, 3.05) is 13.6 Å². The number of aliphatic carboxylic acids is 1. The van der Waals surface area contributed by atoms with Crippen LogP contribution < -0.4 is 0 Å². The normalized spacial score (nSPS) is 30.7. The van der Waals surface area contributed by atoms with Crippen LogP contribution in [-0.2, 0) is 9.59 Å². The summed E-state index contributed by atoms with van der Waals surface area (Å²) >= 11 is 0. The third-order valence-corrected chi connectivity index (χ3v) is 3.63. The summed E-state index contributed by atoms with van der Waals surface area (Å²) in [7, 11) is 1.70. The molecule has 2 aliphatic rings. The molecule has 2 aliphatic carbocycles. The number of carbonyl (C=O) groups excluding carboxylic acids is 1. The average Bonchev–Trinajstić information content (AvgIpc) is 2.86. The van der Waals surface area contributed by atoms with E-state index in [2.05, 4.69) is 12.2 Å². The van der Waals surface area contributed by atoms with Crippen LogP contribution in [0.25, 0.3) is 0 Å². The van der Waals surface area contributed by atoms with Crippen molar-refractivity contribution in [3.63, 3.8) is 0 Å². The summed E-state index contributed by atoms with van der Waals surface area (Å²) < 4.78 is 0. The Labute approximate surface area is 94.9 Å². The SMILES string of the molecule is CN(CCC(=O)O)C(=O)C1CC2C=CC1C2. The van der Waals surface area contributed by atoms with E-state index in [4.69, 9.17) is 5.11 Å². The number of hydrogen-bond donors (Lipinski definition) is 1. The Morgan fingerprint density at radius 3 is 2.62 bits per heavy atom. The molecule has 0 saturated heterocycles. The van der Waals surface area contributed by atoms with Gasteiger partial charge in [-0.15, -0.1) is 0 Å². The predicted molar refractivity (Wildman–Crippen MR) is 58.7 cm³/mol. The first-order chi connectivity index (χ1) is 7.58. The predicted octanol–water partition coefficient (Wildman–Crippen LogP) is 1.13. The summed E-state index contributed by atoms with van der Waals surface area (Å²) in [6.45, 7) is 0.311. The molecule has 0 heterocycles. The summed E-state index contributed by atoms with van der Waals surface area (Å²) in [5.74, 6) is 0.316. The maximum Gasteiger partial charge on any atom is 0.305 e. The van der Waals surface area contributed by atoms with Gasteiger partial charge >= 0.3 is 5.97 Å². The fourth-order valence-corrected chi connectivity index (χ4v) is 2.72. The minimum absolute atomic E-state index is 0.0267. The molecule has 4 heteroatoms. The van der Waals surface area contributed by atoms with E-state index >= 15 is 0 Å². The molecule has 1 fully saturated rings. The summed E-state index contributed by atoms with van der Waals surface area (Å²) in [4.78, 5) is 24.0. The van der Waals surface area contributed by atoms with Gasteiger partial charge in [0.05, 0.1) is 6.42 Å². The van der Waals surface area contributed by atoms with Crippen molar-refractivity contribution in [3.8, 4) is 0 Å². The first-order valence-corrected chi connectivity index (χ1v) is 5.73. The molecule has 0 spiro atoms. The van der Waals surface area contributed by atoms with Gasteiger partial charge in [0.2, 0.25) is 5.91 Å². The maximum atomic E-state index is 12.0. The Morgan fingerprint density at radius 1 is 1.38 bits per heavy atom. The molecule has 1 saturated carbocycles. The molecule has 4 nitrogen and oxygen atoms in total. The van der Waals surface area contributed by atoms with Gasteiger partial charge in [0, 0.05) is 19.5 Å². The van der Waals surface area contributed by atoms with Crippen LogP contribution in [0.3, 0.4) is 0 Å². The first-order valence-electron chi connectivity index (χ1n) is 5.73. The third kappa shape index (κ3) is 2.10. The van der Waals surface area contributed by atoms with Crippen LogP contribution in [0.1, 0.15) is 19.3 Å². The number of carboxylic acid groups (broad SMARTS) is 1. The van der Waals surface area contributed by atoms with Crippen LogP contribution in [0.4, 0.5) is 0 Å². The van der Waals surface area contributed by atoms with E-state index < -0.39 is 5.97 Å². The quantitative estimate of drug-likeness (QED) is 0.727. The van der Waals surface area contributed by atoms with E-state index in [0.29, 0.717) is 18.4 Å². The van der Waals surface area contributed by atoms with E-state index in [0.717, 1.165) is 12.8 Å². The highest BCUT2D eigenvalue weighted by atomic mass is 16.4. The van der Waals surface area contributed by atoms with E-state index in [1.165, 1.54) is 0 Å². The van der Waals surface area contributed by atoms with Crippen LogP contribution in [-0.4, -0.2) is 35.5 Å². The zero-order valence-corrected chi connectivity index (χ0v) is 9.43. The summed E-state index contributed by atoms with van der Waals surface area (Å²) in [6.07, 6.45) is 6.41. The lowest BCUT2D eigenvalue weighted by molar-refractivity contribution is -0.139. The van der Waals surface area contributed by atoms with Crippen molar-refractivity contribution in [3.05, 3.63) is 12.2 Å². The molecule has 0 aromatic rings. The molecule has 0 aromatic heterocycles. The molecule has 1 N–H and O–H groups in total. The lowest BCUT2D eigenvalue weighted by atomic mass is 9.92. The maximum absolute atomic E-state index is 12.0. The molecule has 2 bridgehead atoms. The molecule has 1 amide bonds. The van der Waals surface area contributed by atoms with Crippen LogP contribution >= 0.6 is 0 Å². The van der Waals surface area contributed by atoms with Gasteiger partial charge in [-0.25, -0.2) is 0 Å². The van der Waals surface area contributed by atoms with Gasteiger partial charge in [-0.05, 0) is 24.7 Å². The van der Waals surface area contributed by atoms with Gasteiger partial charge in [-0.3, -0.25) is 9.59 Å². The summed E-state index contributed by atoms with van der Waals surface area (Å²) in [5, 5.41) is 8.57. The Balaban J connectivity index is 1.88. The minimum atomic E-state index is -0.854. The second kappa shape index (κ2) is 4.28. The van der Waals surface area contributed by atoms with E-state index in [1.54, 1.807) is 11.9 Å². The number of carboxylic acids is 1. The minimum Gasteiger partial charge on any atom is -0.481 e. The zero-order chi connectivity index (χ0) is 11.7. The Hall–Kier alpha value is -1.32. The van der Waals surface area contributed by atoms with E-state index in [-0.39, 0.29) is 18.2 Å². The third-order valence-electron chi connectivity index (χ3n) is 3.63. The number of nitrogens with zero attached hydrogens (tertiary/aromatic N) is 1. The Kier molecular flexibility index (Phi) is 2.99. The standard InChI is InChI=1S/C12H17NO3/c1-13(5-4-11(14)15)12(16)10-7-8-2-3-9(10)6-8/h2-3,8-10H,4-7H2,1H3,(H,14,15). The molecule has 3 unspecified atom stereocenters. The fourth-order valence-electron chi connectivity index (χ4n) is 2.72. The molecule has 3 atom stereocenters. The number of carbonyl (C=O) groups is 2. The second-order valence-corrected chi connectivity index (χ2v) is 4.79. The monoisotopic (exact) mass is 223 g/mol. The molecule has 0 aromatic carbocycles. The molecule has 2 rings (SSSR count). The Bertz CT molecular complexity index is 337. The number of hydrogen-bond acceptors (Lipinski definition) is 2. The van der Waals surface area contributed by atoms with Crippen LogP contribution in [0.5, 0.6) is 0 Å². The highest BCUT2D eigenvalue weighted by Crippen LogP contribution is 2.43. The van der Waals surface area contributed by atoms with Crippen LogP contribution in [0.2, 0.25) is 0 Å². The lowest BCUT2D eigenvalue weighted by Gasteiger charge is -2.24. The van der Waals surface area contributed by atoms with Gasteiger partial charge in [0.1, 0.15) is 0 Å². The highest BCUT2D eigenvalue weighted by molar-refractivity contribution is 5.80. The van der Waals surface area contributed by atoms with E-state index in [1.807, 2.05) is 0 Å². The van der Waals surface area contributed by atoms with Crippen molar-refractivity contribution in [2.24, 2.45) is 17.8 Å². The molecular weight excluding hydrogens is 206 g/mol. The van der Waals surface area contributed by atoms with Crippen molar-refractivity contribution in [2.45, 2.75) is 19.3 Å². The van der Waals surface area contributed by atoms with Gasteiger partial charge in [0.15, 0.2) is 0 Å². The second-order valence-electron chi connectivity index (χ2n) is 4.79. The lowest BCUT2D eigenvalue weighted by Crippen LogP contribution is -2.36. The fraction of sp³-hybridized carbons (Fsp3) is 0.667. The smallest absolute Gasteiger partial charge is 0.305 e. The van der Waals surface area contributed by atoms with Crippen molar-refractivity contribution in [1.82, 2.24) is 4.90 Å². The Morgan fingerprint density at radius 2 is 2.12 bits per heavy atom. The van der Waals surface area contributed by atoms with Crippen LogP contribution in [0, 0.1) is 17.8 Å². The number of rotatable bonds is 4. The van der Waals surface area contributed by atoms with Crippen molar-refractivity contribution >= 4 is 11.9 Å². The van der Waals surface area contributed by atoms with Crippen LogP contribution in [0.15, 0.2) is 12.2 Å². The van der Waals surface area contributed by atoms with Gasteiger partial charge in [0.25, 0.3) is 0 Å². The number of allylic oxidation sites excluding steroid dienone is 2. The zero-order valence-electron chi connectivity index (χ0n) is 9.43. The molecule has 16 heavy (non-hydrogen) atoms. The van der Waals surface area contributed by atoms with E-state index in [9.17, 15) is 9.59 Å². The molecular formula is C12H17NO3. The number of fused-ring (bicyclic) bond motifs is 2. The van der Waals surface area contributed by atoms with Gasteiger partial charge in [-0.1, -0.05) is 12.2 Å². The molecule has 88 valence electrons. The first kappa shape index (κ1) is 11.2. The van der Waals surface area contributed by atoms with Gasteiger partial charge in [-0.2, -0.15) is 0 Å². The number of amides is 1. The van der Waals surface area contributed by atoms with Crippen molar-refractivity contribution < 1.29 is 14.7 Å². The topological polar surface area (TPSA) is 57.6 Å². The highest BCUT2D eigenvalue weighted by Gasteiger charge is 2.40. The summed E-state index contributed by atoms with van der Waals surface area (Å²) in [5.41, 5.74) is 0. The molecule has 0 aliphatic heterocycles. The summed E-state index contributed by atoms with van der Waals surface area (Å²) in [6, 6.07) is 0. The molecule has 0 radical (unpaired) electrons. The average molecular weight is 223 g/mol. The van der Waals surface area contributed by atoms with Gasteiger partial charge < -0.3 is 10.0 Å².